The summed E-state index contributed by atoms with van der Waals surface area (Å²) < 4.78 is 0.774. The van der Waals surface area contributed by atoms with Gasteiger partial charge in [0.15, 0.2) is 0 Å². The molecule has 1 spiro atoms. The van der Waals surface area contributed by atoms with Crippen molar-refractivity contribution in [2.24, 2.45) is 0 Å². The highest BCUT2D eigenvalue weighted by Crippen LogP contribution is 2.31. The number of carbonyl (C=O) groups excluding carboxylic acids is 2. The van der Waals surface area contributed by atoms with Crippen molar-refractivity contribution in [2.45, 2.75) is 44.1 Å². The second-order valence-electron chi connectivity index (χ2n) is 5.18. The number of nitrogens with one attached hydrogen (secondary N) is 1. The fraction of sp³-hybridized carbons (Fsp3) is 0.692. The van der Waals surface area contributed by atoms with Crippen molar-refractivity contribution in [1.82, 2.24) is 10.2 Å². The molecule has 100 valence electrons. The van der Waals surface area contributed by atoms with Crippen molar-refractivity contribution in [3.05, 3.63) is 11.1 Å². The van der Waals surface area contributed by atoms with E-state index < -0.39 is 5.54 Å². The van der Waals surface area contributed by atoms with E-state index in [1.54, 1.807) is 4.90 Å². The Hall–Kier alpha value is -0.840. The molecule has 1 N–H and O–H groups in total. The third kappa shape index (κ3) is 2.76. The van der Waals surface area contributed by atoms with Crippen LogP contribution in [0.1, 0.15) is 38.5 Å². The summed E-state index contributed by atoms with van der Waals surface area (Å²) in [5.74, 6) is 0.0570. The van der Waals surface area contributed by atoms with Crippen molar-refractivity contribution in [3.8, 4) is 0 Å². The molecule has 0 radical (unpaired) electrons. The van der Waals surface area contributed by atoms with E-state index >= 15 is 0 Å². The lowest BCUT2D eigenvalue weighted by Crippen LogP contribution is -2.58. The van der Waals surface area contributed by atoms with Crippen LogP contribution in [-0.2, 0) is 9.59 Å². The molecule has 1 aliphatic heterocycles. The standard InChI is InChI=1S/C13H19BrN2O2/c1-10(14)9-16-8-5-11(17)15-13(12(16)18)6-3-2-4-7-13/h1-9H2,(H,15,17). The smallest absolute Gasteiger partial charge is 0.248 e. The van der Waals surface area contributed by atoms with Crippen molar-refractivity contribution >= 4 is 27.7 Å². The van der Waals surface area contributed by atoms with Gasteiger partial charge in [0, 0.05) is 17.4 Å². The Morgan fingerprint density at radius 2 is 2.00 bits per heavy atom. The van der Waals surface area contributed by atoms with E-state index in [0.717, 1.165) is 36.6 Å². The number of rotatable bonds is 2. The van der Waals surface area contributed by atoms with E-state index in [-0.39, 0.29) is 11.8 Å². The fourth-order valence-corrected chi connectivity index (χ4v) is 3.18. The van der Waals surface area contributed by atoms with Gasteiger partial charge in [0.25, 0.3) is 0 Å². The van der Waals surface area contributed by atoms with Crippen LogP contribution < -0.4 is 5.32 Å². The first-order valence-electron chi connectivity index (χ1n) is 6.47. The van der Waals surface area contributed by atoms with E-state index in [0.29, 0.717) is 19.5 Å². The molecule has 1 saturated carbocycles. The highest BCUT2D eigenvalue weighted by molar-refractivity contribution is 9.11. The van der Waals surface area contributed by atoms with Gasteiger partial charge in [-0.1, -0.05) is 41.8 Å². The number of halogens is 1. The zero-order valence-corrected chi connectivity index (χ0v) is 12.1. The molecule has 1 saturated heterocycles. The number of hydrogen-bond donors (Lipinski definition) is 1. The molecule has 0 aromatic heterocycles. The molecule has 1 aliphatic carbocycles. The zero-order valence-electron chi connectivity index (χ0n) is 10.5. The van der Waals surface area contributed by atoms with Crippen LogP contribution in [0.2, 0.25) is 0 Å². The Bertz CT molecular complexity index is 375. The Balaban J connectivity index is 2.22. The number of hydrogen-bond acceptors (Lipinski definition) is 2. The van der Waals surface area contributed by atoms with Gasteiger partial charge >= 0.3 is 0 Å². The van der Waals surface area contributed by atoms with Crippen molar-refractivity contribution < 1.29 is 9.59 Å². The summed E-state index contributed by atoms with van der Waals surface area (Å²) in [6, 6.07) is 0. The van der Waals surface area contributed by atoms with E-state index in [2.05, 4.69) is 27.8 Å². The van der Waals surface area contributed by atoms with Crippen LogP contribution in [0.25, 0.3) is 0 Å². The van der Waals surface area contributed by atoms with Gasteiger partial charge in [0.1, 0.15) is 5.54 Å². The van der Waals surface area contributed by atoms with Gasteiger partial charge < -0.3 is 10.2 Å². The molecule has 5 heteroatoms. The van der Waals surface area contributed by atoms with Crippen LogP contribution in [0.15, 0.2) is 11.1 Å². The van der Waals surface area contributed by atoms with Gasteiger partial charge in [0.05, 0.1) is 6.54 Å². The fourth-order valence-electron chi connectivity index (χ4n) is 2.88. The van der Waals surface area contributed by atoms with E-state index in [4.69, 9.17) is 0 Å². The van der Waals surface area contributed by atoms with Crippen LogP contribution in [-0.4, -0.2) is 35.3 Å². The van der Waals surface area contributed by atoms with Gasteiger partial charge in [-0.05, 0) is 12.8 Å². The molecule has 0 bridgehead atoms. The summed E-state index contributed by atoms with van der Waals surface area (Å²) in [6.07, 6.45) is 5.08. The summed E-state index contributed by atoms with van der Waals surface area (Å²) in [6.45, 7) is 4.75. The average molecular weight is 315 g/mol. The molecule has 2 rings (SSSR count). The molecular formula is C13H19BrN2O2. The largest absolute Gasteiger partial charge is 0.342 e. The first kappa shape index (κ1) is 13.6. The Morgan fingerprint density at radius 3 is 2.61 bits per heavy atom. The van der Waals surface area contributed by atoms with Gasteiger partial charge in [-0.2, -0.15) is 0 Å². The molecule has 2 amide bonds. The highest BCUT2D eigenvalue weighted by Gasteiger charge is 2.44. The first-order chi connectivity index (χ1) is 8.53. The first-order valence-corrected chi connectivity index (χ1v) is 7.26. The Labute approximate surface area is 116 Å². The minimum absolute atomic E-state index is 0.00654. The summed E-state index contributed by atoms with van der Waals surface area (Å²) in [5, 5.41) is 2.97. The molecule has 4 nitrogen and oxygen atoms in total. The molecule has 0 aromatic rings. The normalized spacial score (nSPS) is 23.7. The van der Waals surface area contributed by atoms with Crippen LogP contribution in [0.3, 0.4) is 0 Å². The predicted octanol–water partition coefficient (Wildman–Crippen LogP) is 1.95. The summed E-state index contributed by atoms with van der Waals surface area (Å²) in [5.41, 5.74) is -0.645. The maximum atomic E-state index is 12.7. The molecule has 0 aromatic carbocycles. The second kappa shape index (κ2) is 5.43. The third-order valence-electron chi connectivity index (χ3n) is 3.75. The SMILES string of the molecule is C=C(Br)CN1CCC(=O)NC2(CCCCC2)C1=O. The maximum absolute atomic E-state index is 12.7. The van der Waals surface area contributed by atoms with Crippen LogP contribution in [0.5, 0.6) is 0 Å². The third-order valence-corrected chi connectivity index (χ3v) is 4.00. The summed E-state index contributed by atoms with van der Waals surface area (Å²) in [4.78, 5) is 26.2. The quantitative estimate of drug-likeness (QED) is 0.847. The Kier molecular flexibility index (Phi) is 4.10. The number of nitrogens with zero attached hydrogens (tertiary/aromatic N) is 1. The van der Waals surface area contributed by atoms with Crippen molar-refractivity contribution in [2.75, 3.05) is 13.1 Å². The molecule has 0 unspecified atom stereocenters. The Morgan fingerprint density at radius 1 is 1.33 bits per heavy atom. The lowest BCUT2D eigenvalue weighted by molar-refractivity contribution is -0.139. The number of amides is 2. The van der Waals surface area contributed by atoms with Crippen molar-refractivity contribution in [1.29, 1.82) is 0 Å². The zero-order chi connectivity index (χ0) is 13.2. The predicted molar refractivity (Wildman–Crippen MR) is 73.2 cm³/mol. The van der Waals surface area contributed by atoms with Crippen LogP contribution >= 0.6 is 15.9 Å². The highest BCUT2D eigenvalue weighted by atomic mass is 79.9. The molecule has 2 aliphatic rings. The molecule has 2 fully saturated rings. The van der Waals surface area contributed by atoms with E-state index in [1.807, 2.05) is 0 Å². The van der Waals surface area contributed by atoms with Crippen molar-refractivity contribution in [3.63, 3.8) is 0 Å². The van der Waals surface area contributed by atoms with Crippen LogP contribution in [0, 0.1) is 0 Å². The summed E-state index contributed by atoms with van der Waals surface area (Å²) >= 11 is 3.30. The van der Waals surface area contributed by atoms with Gasteiger partial charge in [0.2, 0.25) is 11.8 Å². The molecule has 1 heterocycles. The lowest BCUT2D eigenvalue weighted by Gasteiger charge is -2.38. The average Bonchev–Trinajstić information content (AvgIpc) is 2.43. The number of carbonyl (C=O) groups is 2. The minimum Gasteiger partial charge on any atom is -0.342 e. The lowest BCUT2D eigenvalue weighted by atomic mass is 9.80. The van der Waals surface area contributed by atoms with E-state index in [9.17, 15) is 9.59 Å². The minimum atomic E-state index is -0.645. The maximum Gasteiger partial charge on any atom is 0.248 e. The molecule has 18 heavy (non-hydrogen) atoms. The van der Waals surface area contributed by atoms with Gasteiger partial charge in [-0.15, -0.1) is 0 Å². The van der Waals surface area contributed by atoms with Gasteiger partial charge in [-0.25, -0.2) is 0 Å². The summed E-state index contributed by atoms with van der Waals surface area (Å²) in [7, 11) is 0. The van der Waals surface area contributed by atoms with Crippen LogP contribution in [0.4, 0.5) is 0 Å². The molecular weight excluding hydrogens is 296 g/mol. The van der Waals surface area contributed by atoms with Gasteiger partial charge in [-0.3, -0.25) is 9.59 Å². The second-order valence-corrected chi connectivity index (χ2v) is 6.31. The van der Waals surface area contributed by atoms with E-state index in [1.165, 1.54) is 0 Å². The molecule has 0 atom stereocenters. The topological polar surface area (TPSA) is 49.4 Å². The monoisotopic (exact) mass is 314 g/mol.